The van der Waals surface area contributed by atoms with Crippen LogP contribution in [0.1, 0.15) is 40.0 Å². The first-order valence-corrected chi connectivity index (χ1v) is 7.53. The van der Waals surface area contributed by atoms with Gasteiger partial charge in [0.1, 0.15) is 0 Å². The van der Waals surface area contributed by atoms with E-state index in [0.717, 1.165) is 19.3 Å². The normalized spacial score (nSPS) is 24.5. The second-order valence-corrected chi connectivity index (χ2v) is 5.44. The average Bonchev–Trinajstić information content (AvgIpc) is 2.48. The predicted molar refractivity (Wildman–Crippen MR) is 82.9 cm³/mol. The minimum absolute atomic E-state index is 0.514. The third-order valence-electron chi connectivity index (χ3n) is 4.53. The molecular formula is C19H22. The molecule has 0 nitrogen and oxygen atoms in total. The maximum Gasteiger partial charge on any atom is 0.0348 e. The van der Waals surface area contributed by atoms with E-state index in [1.54, 1.807) is 11.1 Å². The molecule has 0 aromatic carbocycles. The lowest BCUT2D eigenvalue weighted by Crippen LogP contribution is -2.22. The van der Waals surface area contributed by atoms with Crippen molar-refractivity contribution >= 4 is 0 Å². The van der Waals surface area contributed by atoms with E-state index < -0.39 is 0 Å². The van der Waals surface area contributed by atoms with Crippen molar-refractivity contribution in [1.82, 2.24) is 0 Å². The van der Waals surface area contributed by atoms with Gasteiger partial charge in [-0.15, -0.1) is 0 Å². The standard InChI is InChI=1S/C19H22/c1-4-13-10-11-16-8-7-9-17-14(5-2)12-15(6-3)18(13)19(16)17/h7-12,19H,4-6H2,1-3H3. The first-order valence-electron chi connectivity index (χ1n) is 7.53. The zero-order valence-corrected chi connectivity index (χ0v) is 12.2. The molecule has 3 rings (SSSR count). The SMILES string of the molecule is CCC1=CC(CC)=C2C(CC)=CC=C3C=CC=C1C32. The van der Waals surface area contributed by atoms with Gasteiger partial charge in [-0.3, -0.25) is 0 Å². The minimum Gasteiger partial charge on any atom is -0.0616 e. The van der Waals surface area contributed by atoms with E-state index in [-0.39, 0.29) is 0 Å². The van der Waals surface area contributed by atoms with Gasteiger partial charge >= 0.3 is 0 Å². The van der Waals surface area contributed by atoms with E-state index >= 15 is 0 Å². The van der Waals surface area contributed by atoms with Gasteiger partial charge in [0, 0.05) is 5.92 Å². The van der Waals surface area contributed by atoms with Crippen LogP contribution in [0.4, 0.5) is 0 Å². The van der Waals surface area contributed by atoms with Gasteiger partial charge in [-0.2, -0.15) is 0 Å². The molecule has 0 heterocycles. The molecule has 98 valence electrons. The second-order valence-electron chi connectivity index (χ2n) is 5.44. The lowest BCUT2D eigenvalue weighted by molar-refractivity contribution is 0.783. The molecule has 0 N–H and O–H groups in total. The van der Waals surface area contributed by atoms with Gasteiger partial charge in [0.2, 0.25) is 0 Å². The Labute approximate surface area is 116 Å². The van der Waals surface area contributed by atoms with Crippen molar-refractivity contribution in [2.45, 2.75) is 40.0 Å². The minimum atomic E-state index is 0.514. The van der Waals surface area contributed by atoms with Crippen molar-refractivity contribution in [3.05, 3.63) is 69.9 Å². The molecule has 0 bridgehead atoms. The van der Waals surface area contributed by atoms with Gasteiger partial charge < -0.3 is 0 Å². The van der Waals surface area contributed by atoms with Crippen molar-refractivity contribution < 1.29 is 0 Å². The van der Waals surface area contributed by atoms with Crippen LogP contribution in [0.3, 0.4) is 0 Å². The Morgan fingerprint density at radius 2 is 1.68 bits per heavy atom. The summed E-state index contributed by atoms with van der Waals surface area (Å²) in [5.41, 5.74) is 9.19. The Bertz CT molecular complexity index is 584. The van der Waals surface area contributed by atoms with E-state index in [4.69, 9.17) is 0 Å². The fourth-order valence-corrected chi connectivity index (χ4v) is 3.54. The quantitative estimate of drug-likeness (QED) is 0.626. The topological polar surface area (TPSA) is 0 Å². The summed E-state index contributed by atoms with van der Waals surface area (Å²) in [6.45, 7) is 6.82. The van der Waals surface area contributed by atoms with Crippen LogP contribution >= 0.6 is 0 Å². The molecule has 0 heteroatoms. The molecule has 19 heavy (non-hydrogen) atoms. The first kappa shape index (κ1) is 12.5. The molecule has 1 unspecified atom stereocenters. The van der Waals surface area contributed by atoms with E-state index in [2.05, 4.69) is 57.2 Å². The maximum absolute atomic E-state index is 2.45. The number of rotatable bonds is 3. The van der Waals surface area contributed by atoms with Crippen LogP contribution in [-0.4, -0.2) is 0 Å². The van der Waals surface area contributed by atoms with Crippen LogP contribution in [0.15, 0.2) is 69.9 Å². The van der Waals surface area contributed by atoms with Crippen LogP contribution in [0.2, 0.25) is 0 Å². The highest BCUT2D eigenvalue weighted by atomic mass is 14.4. The Kier molecular flexibility index (Phi) is 3.18. The third kappa shape index (κ3) is 1.82. The summed E-state index contributed by atoms with van der Waals surface area (Å²) in [4.78, 5) is 0. The molecule has 0 aliphatic heterocycles. The summed E-state index contributed by atoms with van der Waals surface area (Å²) in [7, 11) is 0. The molecule has 0 amide bonds. The smallest absolute Gasteiger partial charge is 0.0348 e. The third-order valence-corrected chi connectivity index (χ3v) is 4.53. The van der Waals surface area contributed by atoms with Gasteiger partial charge in [0.05, 0.1) is 0 Å². The predicted octanol–water partition coefficient (Wildman–Crippen LogP) is 5.43. The molecule has 0 saturated carbocycles. The van der Waals surface area contributed by atoms with Gasteiger partial charge in [0.25, 0.3) is 0 Å². The zero-order chi connectivity index (χ0) is 13.4. The van der Waals surface area contributed by atoms with Crippen LogP contribution in [0, 0.1) is 5.92 Å². The average molecular weight is 250 g/mol. The number of allylic oxidation sites excluding steroid dienone is 12. The van der Waals surface area contributed by atoms with Gasteiger partial charge in [0.15, 0.2) is 0 Å². The second kappa shape index (κ2) is 4.85. The highest BCUT2D eigenvalue weighted by Crippen LogP contribution is 2.48. The Balaban J connectivity index is 2.25. The maximum atomic E-state index is 2.45. The molecule has 3 aliphatic rings. The summed E-state index contributed by atoms with van der Waals surface area (Å²) >= 11 is 0. The van der Waals surface area contributed by atoms with Crippen molar-refractivity contribution in [3.8, 4) is 0 Å². The van der Waals surface area contributed by atoms with E-state index in [0.29, 0.717) is 5.92 Å². The molecular weight excluding hydrogens is 228 g/mol. The molecule has 0 spiro atoms. The molecule has 0 aromatic rings. The van der Waals surface area contributed by atoms with Gasteiger partial charge in [-0.25, -0.2) is 0 Å². The van der Waals surface area contributed by atoms with E-state index in [1.807, 2.05) is 0 Å². The van der Waals surface area contributed by atoms with Crippen LogP contribution < -0.4 is 0 Å². The van der Waals surface area contributed by atoms with Crippen molar-refractivity contribution in [3.63, 3.8) is 0 Å². The van der Waals surface area contributed by atoms with E-state index in [1.165, 1.54) is 22.3 Å². The fourth-order valence-electron chi connectivity index (χ4n) is 3.54. The summed E-state index contributed by atoms with van der Waals surface area (Å²) in [6.07, 6.45) is 17.3. The summed E-state index contributed by atoms with van der Waals surface area (Å²) in [5, 5.41) is 0. The van der Waals surface area contributed by atoms with Gasteiger partial charge in [-0.05, 0) is 52.7 Å². The molecule has 0 saturated heterocycles. The molecule has 3 aliphatic carbocycles. The van der Waals surface area contributed by atoms with Crippen LogP contribution in [-0.2, 0) is 0 Å². The molecule has 0 radical (unpaired) electrons. The van der Waals surface area contributed by atoms with Crippen LogP contribution in [0.5, 0.6) is 0 Å². The molecule has 1 atom stereocenters. The Morgan fingerprint density at radius 1 is 0.895 bits per heavy atom. The van der Waals surface area contributed by atoms with Crippen molar-refractivity contribution in [1.29, 1.82) is 0 Å². The summed E-state index contributed by atoms with van der Waals surface area (Å²) < 4.78 is 0. The monoisotopic (exact) mass is 250 g/mol. The zero-order valence-electron chi connectivity index (χ0n) is 12.2. The van der Waals surface area contributed by atoms with Gasteiger partial charge in [-0.1, -0.05) is 57.2 Å². The Hall–Kier alpha value is -1.56. The lowest BCUT2D eigenvalue weighted by atomic mass is 9.67. The largest absolute Gasteiger partial charge is 0.0616 e. The Morgan fingerprint density at radius 3 is 2.37 bits per heavy atom. The summed E-state index contributed by atoms with van der Waals surface area (Å²) in [5.74, 6) is 0.514. The van der Waals surface area contributed by atoms with Crippen molar-refractivity contribution in [2.75, 3.05) is 0 Å². The number of hydrogen-bond acceptors (Lipinski definition) is 0. The highest BCUT2D eigenvalue weighted by molar-refractivity contribution is 5.65. The first-order chi connectivity index (χ1) is 9.30. The summed E-state index contributed by atoms with van der Waals surface area (Å²) in [6, 6.07) is 0. The van der Waals surface area contributed by atoms with Crippen LogP contribution in [0.25, 0.3) is 0 Å². The van der Waals surface area contributed by atoms with E-state index in [9.17, 15) is 0 Å². The fraction of sp³-hybridized carbons (Fsp3) is 0.368. The van der Waals surface area contributed by atoms with Crippen molar-refractivity contribution in [2.24, 2.45) is 5.92 Å². The number of hydrogen-bond donors (Lipinski definition) is 0. The molecule has 0 fully saturated rings. The highest BCUT2D eigenvalue weighted by Gasteiger charge is 2.33. The lowest BCUT2D eigenvalue weighted by Gasteiger charge is -2.36. The molecule has 0 aromatic heterocycles.